The summed E-state index contributed by atoms with van der Waals surface area (Å²) in [5.41, 5.74) is 1.98. The second-order valence-electron chi connectivity index (χ2n) is 10.7. The van der Waals surface area contributed by atoms with Crippen LogP contribution in [-0.4, -0.2) is 35.1 Å². The lowest BCUT2D eigenvalue weighted by molar-refractivity contribution is -0.127. The average molecular weight is 529 g/mol. The summed E-state index contributed by atoms with van der Waals surface area (Å²) in [5, 5.41) is 6.75. The molecule has 2 unspecified atom stereocenters. The minimum Gasteiger partial charge on any atom is -0.353 e. The van der Waals surface area contributed by atoms with Crippen LogP contribution in [-0.2, 0) is 10.2 Å². The lowest BCUT2D eigenvalue weighted by Crippen LogP contribution is -2.59. The number of hydrogen-bond donors (Lipinski definition) is 2. The van der Waals surface area contributed by atoms with Crippen LogP contribution in [0.4, 0.5) is 5.69 Å². The Bertz CT molecular complexity index is 1340. The number of carbonyl (C=O) groups excluding carboxylic acids is 2. The number of aromatic nitrogens is 1. The van der Waals surface area contributed by atoms with Gasteiger partial charge in [0.05, 0.1) is 5.69 Å². The SMILES string of the molecule is CC(CC1C=Nc2ccccc21)(NC(=O)c1cccc(Cl)c1)C(=O)NCC1(c2ccccn2)CCCCC1. The van der Waals surface area contributed by atoms with Gasteiger partial charge in [-0.05, 0) is 68.1 Å². The molecule has 38 heavy (non-hydrogen) atoms. The number of benzene rings is 2. The third kappa shape index (κ3) is 5.51. The van der Waals surface area contributed by atoms with Gasteiger partial charge < -0.3 is 10.6 Å². The largest absolute Gasteiger partial charge is 0.353 e. The van der Waals surface area contributed by atoms with Gasteiger partial charge in [-0.1, -0.05) is 61.2 Å². The van der Waals surface area contributed by atoms with Crippen molar-refractivity contribution in [2.75, 3.05) is 6.54 Å². The van der Waals surface area contributed by atoms with Gasteiger partial charge >= 0.3 is 0 Å². The molecule has 2 aliphatic rings. The predicted molar refractivity (Wildman–Crippen MR) is 151 cm³/mol. The van der Waals surface area contributed by atoms with Gasteiger partial charge in [-0.25, -0.2) is 0 Å². The monoisotopic (exact) mass is 528 g/mol. The Morgan fingerprint density at radius 3 is 2.58 bits per heavy atom. The zero-order chi connectivity index (χ0) is 26.6. The van der Waals surface area contributed by atoms with E-state index in [0.29, 0.717) is 23.6 Å². The van der Waals surface area contributed by atoms with Crippen molar-refractivity contribution < 1.29 is 9.59 Å². The fourth-order valence-corrected chi connectivity index (χ4v) is 5.99. The van der Waals surface area contributed by atoms with Gasteiger partial charge in [0.2, 0.25) is 5.91 Å². The number of hydrogen-bond acceptors (Lipinski definition) is 4. The highest BCUT2D eigenvalue weighted by Crippen LogP contribution is 2.39. The number of rotatable bonds is 8. The van der Waals surface area contributed by atoms with Gasteiger partial charge in [-0.2, -0.15) is 0 Å². The molecule has 7 heteroatoms. The molecule has 196 valence electrons. The smallest absolute Gasteiger partial charge is 0.252 e. The van der Waals surface area contributed by atoms with E-state index in [2.05, 4.69) is 26.7 Å². The number of amides is 2. The van der Waals surface area contributed by atoms with E-state index in [4.69, 9.17) is 11.6 Å². The van der Waals surface area contributed by atoms with Crippen LogP contribution in [0.2, 0.25) is 5.02 Å². The van der Waals surface area contributed by atoms with Crippen molar-refractivity contribution in [3.8, 4) is 0 Å². The van der Waals surface area contributed by atoms with E-state index in [1.165, 1.54) is 6.42 Å². The van der Waals surface area contributed by atoms with Crippen LogP contribution in [0.1, 0.15) is 73.0 Å². The summed E-state index contributed by atoms with van der Waals surface area (Å²) in [5.74, 6) is -0.655. The van der Waals surface area contributed by atoms with Crippen molar-refractivity contribution in [1.82, 2.24) is 15.6 Å². The standard InChI is InChI=1S/C31H33ClN4O2/c1-30(36-28(37)22-10-9-11-24(32)18-22,19-23-20-34-26-13-4-3-12-25(23)26)29(38)35-21-31(15-6-2-7-16-31)27-14-5-8-17-33-27/h3-5,8-14,17-18,20,23H,2,6-7,15-16,19,21H2,1H3,(H,35,38)(H,36,37). The lowest BCUT2D eigenvalue weighted by Gasteiger charge is -2.39. The molecule has 2 aromatic carbocycles. The molecule has 1 aliphatic heterocycles. The summed E-state index contributed by atoms with van der Waals surface area (Å²) in [6, 6.07) is 20.7. The molecule has 2 N–H and O–H groups in total. The number of pyridine rings is 1. The molecule has 2 atom stereocenters. The molecule has 3 aromatic rings. The molecule has 6 nitrogen and oxygen atoms in total. The first-order chi connectivity index (χ1) is 18.4. The van der Waals surface area contributed by atoms with Crippen LogP contribution in [0.15, 0.2) is 77.9 Å². The van der Waals surface area contributed by atoms with Crippen molar-refractivity contribution in [1.29, 1.82) is 0 Å². The maximum absolute atomic E-state index is 14.0. The van der Waals surface area contributed by atoms with E-state index < -0.39 is 5.54 Å². The Morgan fingerprint density at radius 2 is 1.82 bits per heavy atom. The fourth-order valence-electron chi connectivity index (χ4n) is 5.80. The van der Waals surface area contributed by atoms with Crippen LogP contribution < -0.4 is 10.6 Å². The van der Waals surface area contributed by atoms with E-state index in [0.717, 1.165) is 42.6 Å². The number of nitrogens with one attached hydrogen (secondary N) is 2. The average Bonchev–Trinajstić information content (AvgIpc) is 3.35. The Morgan fingerprint density at radius 1 is 1.03 bits per heavy atom. The normalized spacial score (nSPS) is 19.3. The molecule has 0 spiro atoms. The van der Waals surface area contributed by atoms with E-state index in [1.807, 2.05) is 48.8 Å². The van der Waals surface area contributed by atoms with E-state index in [9.17, 15) is 9.59 Å². The second-order valence-corrected chi connectivity index (χ2v) is 11.1. The number of para-hydroxylation sites is 1. The highest BCUT2D eigenvalue weighted by atomic mass is 35.5. The summed E-state index contributed by atoms with van der Waals surface area (Å²) < 4.78 is 0. The molecule has 1 saturated carbocycles. The number of nitrogens with zero attached hydrogens (tertiary/aromatic N) is 2. The molecular weight excluding hydrogens is 496 g/mol. The Kier molecular flexibility index (Phi) is 7.61. The van der Waals surface area contributed by atoms with Crippen molar-refractivity contribution in [2.45, 2.75) is 62.3 Å². The highest BCUT2D eigenvalue weighted by Gasteiger charge is 2.41. The number of aliphatic imine (C=N–C) groups is 1. The van der Waals surface area contributed by atoms with Crippen LogP contribution in [0.25, 0.3) is 0 Å². The number of carbonyl (C=O) groups is 2. The van der Waals surface area contributed by atoms with Crippen molar-refractivity contribution >= 4 is 35.3 Å². The molecule has 0 saturated heterocycles. The van der Waals surface area contributed by atoms with Crippen LogP contribution in [0, 0.1) is 0 Å². The molecule has 1 fully saturated rings. The van der Waals surface area contributed by atoms with Crippen LogP contribution in [0.5, 0.6) is 0 Å². The number of halogens is 1. The van der Waals surface area contributed by atoms with Crippen molar-refractivity contribution in [3.05, 3.63) is 94.8 Å². The lowest BCUT2D eigenvalue weighted by atomic mass is 9.71. The molecule has 2 heterocycles. The molecule has 0 bridgehead atoms. The summed E-state index contributed by atoms with van der Waals surface area (Å²) in [6.45, 7) is 2.27. The second kappa shape index (κ2) is 11.1. The highest BCUT2D eigenvalue weighted by molar-refractivity contribution is 6.31. The van der Waals surface area contributed by atoms with E-state index >= 15 is 0 Å². The maximum atomic E-state index is 14.0. The zero-order valence-corrected chi connectivity index (χ0v) is 22.4. The van der Waals surface area contributed by atoms with Crippen molar-refractivity contribution in [3.63, 3.8) is 0 Å². The summed E-state index contributed by atoms with van der Waals surface area (Å²) in [7, 11) is 0. The topological polar surface area (TPSA) is 83.5 Å². The van der Waals surface area contributed by atoms with Gasteiger partial charge in [0.25, 0.3) is 5.91 Å². The molecule has 5 rings (SSSR count). The first-order valence-corrected chi connectivity index (χ1v) is 13.7. The Balaban J connectivity index is 1.40. The molecule has 1 aromatic heterocycles. The van der Waals surface area contributed by atoms with Gasteiger partial charge in [-0.15, -0.1) is 0 Å². The summed E-state index contributed by atoms with van der Waals surface area (Å²) >= 11 is 6.14. The molecule has 1 aliphatic carbocycles. The number of fused-ring (bicyclic) bond motifs is 1. The van der Waals surface area contributed by atoms with Crippen molar-refractivity contribution in [2.24, 2.45) is 4.99 Å². The molecular formula is C31H33ClN4O2. The summed E-state index contributed by atoms with van der Waals surface area (Å²) in [6.07, 6.45) is 9.41. The van der Waals surface area contributed by atoms with Gasteiger partial charge in [-0.3, -0.25) is 19.6 Å². The van der Waals surface area contributed by atoms with E-state index in [1.54, 1.807) is 31.2 Å². The third-order valence-electron chi connectivity index (χ3n) is 7.94. The minimum atomic E-state index is -1.19. The maximum Gasteiger partial charge on any atom is 0.252 e. The molecule has 0 radical (unpaired) electrons. The summed E-state index contributed by atoms with van der Waals surface area (Å²) in [4.78, 5) is 36.5. The quantitative estimate of drug-likeness (QED) is 0.369. The first-order valence-electron chi connectivity index (χ1n) is 13.3. The van der Waals surface area contributed by atoms with Crippen LogP contribution in [0.3, 0.4) is 0 Å². The third-order valence-corrected chi connectivity index (χ3v) is 8.18. The van der Waals surface area contributed by atoms with Gasteiger partial charge in [0, 0.05) is 46.6 Å². The zero-order valence-electron chi connectivity index (χ0n) is 21.6. The van der Waals surface area contributed by atoms with Gasteiger partial charge in [0.15, 0.2) is 0 Å². The molecule has 2 amide bonds. The minimum absolute atomic E-state index is 0.0963. The van der Waals surface area contributed by atoms with Gasteiger partial charge in [0.1, 0.15) is 5.54 Å². The Hall–Kier alpha value is -3.51. The Labute approximate surface area is 228 Å². The predicted octanol–water partition coefficient (Wildman–Crippen LogP) is 6.13. The first kappa shape index (κ1) is 26.1. The van der Waals surface area contributed by atoms with E-state index in [-0.39, 0.29) is 23.1 Å². The van der Waals surface area contributed by atoms with Crippen LogP contribution >= 0.6 is 11.6 Å². The fraction of sp³-hybridized carbons (Fsp3) is 0.355.